The Morgan fingerprint density at radius 2 is 1.89 bits per heavy atom. The Balaban J connectivity index is 2.10. The topological polar surface area (TPSA) is 45.8 Å². The van der Waals surface area contributed by atoms with Crippen LogP contribution in [0.15, 0.2) is 40.5 Å². The summed E-state index contributed by atoms with van der Waals surface area (Å²) in [5.41, 5.74) is 2.15. The fourth-order valence-corrected chi connectivity index (χ4v) is 2.79. The van der Waals surface area contributed by atoms with E-state index in [1.807, 2.05) is 17.5 Å². The molecule has 0 aliphatic rings. The lowest BCUT2D eigenvalue weighted by Gasteiger charge is -2.06. The summed E-state index contributed by atoms with van der Waals surface area (Å²) < 4.78 is 0. The van der Waals surface area contributed by atoms with Crippen LogP contribution in [0.25, 0.3) is 21.6 Å². The van der Waals surface area contributed by atoms with Crippen LogP contribution in [0.3, 0.4) is 0 Å². The van der Waals surface area contributed by atoms with Gasteiger partial charge in [0.1, 0.15) is 10.7 Å². The van der Waals surface area contributed by atoms with Crippen molar-refractivity contribution in [3.63, 3.8) is 0 Å². The maximum absolute atomic E-state index is 11.9. The summed E-state index contributed by atoms with van der Waals surface area (Å²) in [7, 11) is 0. The van der Waals surface area contributed by atoms with Crippen LogP contribution in [0.5, 0.6) is 0 Å². The first-order valence-corrected chi connectivity index (χ1v) is 7.11. The highest BCUT2D eigenvalue weighted by atomic mass is 32.1. The van der Waals surface area contributed by atoms with Crippen LogP contribution in [0.2, 0.25) is 0 Å². The molecule has 0 saturated carbocycles. The van der Waals surface area contributed by atoms with Gasteiger partial charge < -0.3 is 4.98 Å². The van der Waals surface area contributed by atoms with Gasteiger partial charge in [-0.1, -0.05) is 38.1 Å². The molecule has 3 aromatic rings. The first kappa shape index (κ1) is 12.1. The fourth-order valence-electron chi connectivity index (χ4n) is 2.03. The third-order valence-electron chi connectivity index (χ3n) is 3.19. The number of aromatic amines is 1. The van der Waals surface area contributed by atoms with Gasteiger partial charge in [-0.05, 0) is 22.9 Å². The van der Waals surface area contributed by atoms with Gasteiger partial charge in [-0.2, -0.15) is 0 Å². The largest absolute Gasteiger partial charge is 0.306 e. The van der Waals surface area contributed by atoms with Crippen molar-refractivity contribution in [2.75, 3.05) is 0 Å². The van der Waals surface area contributed by atoms with Crippen LogP contribution in [0.4, 0.5) is 0 Å². The number of nitrogens with zero attached hydrogens (tertiary/aromatic N) is 1. The molecule has 2 aromatic heterocycles. The zero-order valence-electron chi connectivity index (χ0n) is 10.8. The molecule has 19 heavy (non-hydrogen) atoms. The standard InChI is InChI=1S/C15H14N2OS/c1-9(2)10-3-5-11(6-4-10)13-16-14(18)12-7-8-19-15(12)17-13/h3-9H,1-2H3,(H,16,17,18). The van der Waals surface area contributed by atoms with Crippen molar-refractivity contribution < 1.29 is 0 Å². The van der Waals surface area contributed by atoms with Crippen molar-refractivity contribution in [2.45, 2.75) is 19.8 Å². The second-order valence-electron chi connectivity index (χ2n) is 4.83. The van der Waals surface area contributed by atoms with Crippen LogP contribution in [-0.4, -0.2) is 9.97 Å². The Labute approximate surface area is 115 Å². The lowest BCUT2D eigenvalue weighted by molar-refractivity contribution is 0.867. The molecule has 0 spiro atoms. The second kappa shape index (κ2) is 4.63. The molecular formula is C15H14N2OS. The first-order chi connectivity index (χ1) is 9.15. The summed E-state index contributed by atoms with van der Waals surface area (Å²) >= 11 is 1.49. The van der Waals surface area contributed by atoms with E-state index >= 15 is 0 Å². The molecule has 96 valence electrons. The van der Waals surface area contributed by atoms with Crippen LogP contribution in [0, 0.1) is 0 Å². The van der Waals surface area contributed by atoms with E-state index in [2.05, 4.69) is 35.9 Å². The highest BCUT2D eigenvalue weighted by molar-refractivity contribution is 7.16. The molecule has 0 bridgehead atoms. The van der Waals surface area contributed by atoms with Crippen LogP contribution in [-0.2, 0) is 0 Å². The van der Waals surface area contributed by atoms with Crippen molar-refractivity contribution in [3.8, 4) is 11.4 Å². The Bertz CT molecular complexity index is 769. The van der Waals surface area contributed by atoms with E-state index in [9.17, 15) is 4.79 Å². The maximum atomic E-state index is 11.9. The minimum atomic E-state index is -0.0748. The number of aromatic nitrogens is 2. The van der Waals surface area contributed by atoms with E-state index in [4.69, 9.17) is 0 Å². The Kier molecular flexibility index (Phi) is 2.95. The number of H-pyrrole nitrogens is 1. The lowest BCUT2D eigenvalue weighted by atomic mass is 10.0. The first-order valence-electron chi connectivity index (χ1n) is 6.23. The number of nitrogens with one attached hydrogen (secondary N) is 1. The summed E-state index contributed by atoms with van der Waals surface area (Å²) in [4.78, 5) is 20.0. The van der Waals surface area contributed by atoms with Gasteiger partial charge in [0.05, 0.1) is 5.39 Å². The van der Waals surface area contributed by atoms with Crippen molar-refractivity contribution >= 4 is 21.6 Å². The molecule has 0 aliphatic carbocycles. The van der Waals surface area contributed by atoms with Gasteiger partial charge in [-0.15, -0.1) is 11.3 Å². The number of benzene rings is 1. The zero-order chi connectivity index (χ0) is 13.4. The molecule has 3 nitrogen and oxygen atoms in total. The molecule has 0 unspecified atom stereocenters. The summed E-state index contributed by atoms with van der Waals surface area (Å²) in [6.07, 6.45) is 0. The molecule has 3 rings (SSSR count). The van der Waals surface area contributed by atoms with Gasteiger partial charge in [-0.3, -0.25) is 4.79 Å². The van der Waals surface area contributed by atoms with Crippen LogP contribution < -0.4 is 5.56 Å². The smallest absolute Gasteiger partial charge is 0.259 e. The van der Waals surface area contributed by atoms with Crippen molar-refractivity contribution in [2.24, 2.45) is 0 Å². The van der Waals surface area contributed by atoms with E-state index in [-0.39, 0.29) is 5.56 Å². The monoisotopic (exact) mass is 270 g/mol. The van der Waals surface area contributed by atoms with Gasteiger partial charge in [-0.25, -0.2) is 4.98 Å². The molecule has 0 aliphatic heterocycles. The van der Waals surface area contributed by atoms with Crippen molar-refractivity contribution in [1.29, 1.82) is 0 Å². The zero-order valence-corrected chi connectivity index (χ0v) is 11.6. The Hall–Kier alpha value is -1.94. The van der Waals surface area contributed by atoms with E-state index < -0.39 is 0 Å². The van der Waals surface area contributed by atoms with E-state index in [0.29, 0.717) is 17.1 Å². The fraction of sp³-hybridized carbons (Fsp3) is 0.200. The molecule has 2 heterocycles. The SMILES string of the molecule is CC(C)c1ccc(-c2nc3sccc3c(=O)[nH]2)cc1. The predicted octanol–water partition coefficient (Wildman–Crippen LogP) is 3.78. The summed E-state index contributed by atoms with van der Waals surface area (Å²) in [6.45, 7) is 4.32. The summed E-state index contributed by atoms with van der Waals surface area (Å²) in [5, 5.41) is 2.55. The van der Waals surface area contributed by atoms with Gasteiger partial charge in [0, 0.05) is 5.56 Å². The molecule has 1 N–H and O–H groups in total. The van der Waals surface area contributed by atoms with Crippen molar-refractivity contribution in [1.82, 2.24) is 9.97 Å². The predicted molar refractivity (Wildman–Crippen MR) is 79.8 cm³/mol. The number of hydrogen-bond donors (Lipinski definition) is 1. The average molecular weight is 270 g/mol. The Morgan fingerprint density at radius 1 is 1.16 bits per heavy atom. The third kappa shape index (κ3) is 2.19. The van der Waals surface area contributed by atoms with E-state index in [0.717, 1.165) is 10.4 Å². The molecule has 4 heteroatoms. The molecule has 0 radical (unpaired) electrons. The van der Waals surface area contributed by atoms with E-state index in [1.54, 1.807) is 6.07 Å². The van der Waals surface area contributed by atoms with E-state index in [1.165, 1.54) is 16.9 Å². The third-order valence-corrected chi connectivity index (χ3v) is 3.99. The van der Waals surface area contributed by atoms with Gasteiger partial charge >= 0.3 is 0 Å². The molecule has 0 atom stereocenters. The molecule has 1 aromatic carbocycles. The van der Waals surface area contributed by atoms with Crippen LogP contribution in [0.1, 0.15) is 25.3 Å². The van der Waals surface area contributed by atoms with Gasteiger partial charge in [0.15, 0.2) is 0 Å². The molecule has 0 fully saturated rings. The average Bonchev–Trinajstić information content (AvgIpc) is 2.87. The lowest BCUT2D eigenvalue weighted by Crippen LogP contribution is -2.07. The minimum Gasteiger partial charge on any atom is -0.306 e. The van der Waals surface area contributed by atoms with Gasteiger partial charge in [0.25, 0.3) is 5.56 Å². The maximum Gasteiger partial charge on any atom is 0.259 e. The number of thiophene rings is 1. The summed E-state index contributed by atoms with van der Waals surface area (Å²) in [6, 6.07) is 9.98. The Morgan fingerprint density at radius 3 is 2.58 bits per heavy atom. The normalized spacial score (nSPS) is 11.3. The number of hydrogen-bond acceptors (Lipinski definition) is 3. The minimum absolute atomic E-state index is 0.0748. The highest BCUT2D eigenvalue weighted by Crippen LogP contribution is 2.22. The molecule has 0 amide bonds. The number of rotatable bonds is 2. The van der Waals surface area contributed by atoms with Gasteiger partial charge in [0.2, 0.25) is 0 Å². The number of fused-ring (bicyclic) bond motifs is 1. The van der Waals surface area contributed by atoms with Crippen LogP contribution >= 0.6 is 11.3 Å². The quantitative estimate of drug-likeness (QED) is 0.770. The van der Waals surface area contributed by atoms with Crippen molar-refractivity contribution in [3.05, 3.63) is 51.6 Å². The second-order valence-corrected chi connectivity index (χ2v) is 5.73. The molecule has 0 saturated heterocycles. The summed E-state index contributed by atoms with van der Waals surface area (Å²) in [5.74, 6) is 1.14. The highest BCUT2D eigenvalue weighted by Gasteiger charge is 2.07. The molecular weight excluding hydrogens is 256 g/mol.